The summed E-state index contributed by atoms with van der Waals surface area (Å²) in [6.45, 7) is 5.27. The molecule has 0 radical (unpaired) electrons. The van der Waals surface area contributed by atoms with E-state index < -0.39 is 4.92 Å². The van der Waals surface area contributed by atoms with E-state index in [-0.39, 0.29) is 23.8 Å². The minimum atomic E-state index is -0.500. The molecule has 1 aromatic carbocycles. The first-order valence-corrected chi connectivity index (χ1v) is 9.38. The van der Waals surface area contributed by atoms with Gasteiger partial charge in [0.15, 0.2) is 5.82 Å². The highest BCUT2D eigenvalue weighted by Crippen LogP contribution is 2.24. The van der Waals surface area contributed by atoms with Gasteiger partial charge >= 0.3 is 5.69 Å². The molecule has 9 nitrogen and oxygen atoms in total. The molecule has 2 heterocycles. The number of carbonyl (C=O) groups excluding carboxylic acids is 1. The minimum Gasteiger partial charge on any atom is -0.308 e. The Kier molecular flexibility index (Phi) is 5.90. The summed E-state index contributed by atoms with van der Waals surface area (Å²) >= 11 is 12.0. The summed E-state index contributed by atoms with van der Waals surface area (Å²) in [6.07, 6.45) is 0. The SMILES string of the molecule is Cc1nn(CC(=O)Nc2cc(C)n(Cc3ccc(Cl)c(Cl)c3)n2)c(C)c1[N+](=O)[O-]. The van der Waals surface area contributed by atoms with E-state index in [1.165, 1.54) is 11.6 Å². The molecular weight excluding hydrogens is 419 g/mol. The fourth-order valence-corrected chi connectivity index (χ4v) is 3.29. The molecule has 1 amide bonds. The van der Waals surface area contributed by atoms with Gasteiger partial charge in [-0.25, -0.2) is 0 Å². The van der Waals surface area contributed by atoms with Gasteiger partial charge in [-0.2, -0.15) is 10.2 Å². The summed E-state index contributed by atoms with van der Waals surface area (Å²) < 4.78 is 3.03. The van der Waals surface area contributed by atoms with Crippen molar-refractivity contribution >= 4 is 40.6 Å². The Morgan fingerprint density at radius 3 is 2.48 bits per heavy atom. The number of hydrogen-bond donors (Lipinski definition) is 1. The molecule has 1 N–H and O–H groups in total. The number of halogens is 2. The summed E-state index contributed by atoms with van der Waals surface area (Å²) in [7, 11) is 0. The molecule has 0 atom stereocenters. The standard InChI is InChI=1S/C18H18Cl2N6O3/c1-10-6-16(23-24(10)8-13-4-5-14(19)15(20)7-13)21-17(27)9-25-12(3)18(26(28)29)11(2)22-25/h4-7H,8-9H2,1-3H3,(H,21,23,27). The highest BCUT2D eigenvalue weighted by molar-refractivity contribution is 6.42. The van der Waals surface area contributed by atoms with Crippen molar-refractivity contribution in [2.75, 3.05) is 5.32 Å². The molecule has 0 aliphatic heterocycles. The van der Waals surface area contributed by atoms with Gasteiger partial charge < -0.3 is 5.32 Å². The molecule has 2 aromatic heterocycles. The summed E-state index contributed by atoms with van der Waals surface area (Å²) in [5.74, 6) is -0.00623. The number of benzene rings is 1. The normalized spacial score (nSPS) is 10.9. The third-order valence-electron chi connectivity index (χ3n) is 4.38. The van der Waals surface area contributed by atoms with E-state index in [1.807, 2.05) is 13.0 Å². The largest absolute Gasteiger partial charge is 0.312 e. The number of hydrogen-bond acceptors (Lipinski definition) is 5. The Balaban J connectivity index is 1.70. The highest BCUT2D eigenvalue weighted by atomic mass is 35.5. The monoisotopic (exact) mass is 436 g/mol. The second kappa shape index (κ2) is 8.22. The summed E-state index contributed by atoms with van der Waals surface area (Å²) in [5.41, 5.74) is 2.26. The second-order valence-electron chi connectivity index (χ2n) is 6.56. The topological polar surface area (TPSA) is 108 Å². The zero-order chi connectivity index (χ0) is 21.3. The number of nitrogens with one attached hydrogen (secondary N) is 1. The van der Waals surface area contributed by atoms with E-state index >= 15 is 0 Å². The number of anilines is 1. The van der Waals surface area contributed by atoms with Crippen molar-refractivity contribution in [3.8, 4) is 0 Å². The van der Waals surface area contributed by atoms with Gasteiger partial charge in [-0.3, -0.25) is 24.3 Å². The fourth-order valence-electron chi connectivity index (χ4n) is 2.97. The van der Waals surface area contributed by atoms with Crippen LogP contribution in [0.4, 0.5) is 11.5 Å². The van der Waals surface area contributed by atoms with Crippen molar-refractivity contribution < 1.29 is 9.72 Å². The van der Waals surface area contributed by atoms with Crippen LogP contribution in [0.5, 0.6) is 0 Å². The second-order valence-corrected chi connectivity index (χ2v) is 7.37. The van der Waals surface area contributed by atoms with Gasteiger partial charge in [0, 0.05) is 11.8 Å². The number of amides is 1. The van der Waals surface area contributed by atoms with Crippen LogP contribution in [0.15, 0.2) is 24.3 Å². The summed E-state index contributed by atoms with van der Waals surface area (Å²) in [5, 5.41) is 23.2. The van der Waals surface area contributed by atoms with Crippen molar-refractivity contribution in [2.24, 2.45) is 0 Å². The van der Waals surface area contributed by atoms with E-state index in [4.69, 9.17) is 23.2 Å². The molecule has 0 saturated heterocycles. The van der Waals surface area contributed by atoms with Gasteiger partial charge in [-0.05, 0) is 38.5 Å². The smallest absolute Gasteiger partial charge is 0.308 e. The minimum absolute atomic E-state index is 0.0838. The van der Waals surface area contributed by atoms with Gasteiger partial charge in [0.25, 0.3) is 0 Å². The van der Waals surface area contributed by atoms with Crippen LogP contribution in [-0.4, -0.2) is 30.4 Å². The van der Waals surface area contributed by atoms with E-state index in [0.29, 0.717) is 28.1 Å². The van der Waals surface area contributed by atoms with Crippen LogP contribution in [0, 0.1) is 30.9 Å². The van der Waals surface area contributed by atoms with E-state index in [0.717, 1.165) is 11.3 Å². The third-order valence-corrected chi connectivity index (χ3v) is 5.12. The number of aromatic nitrogens is 4. The van der Waals surface area contributed by atoms with Crippen LogP contribution >= 0.6 is 23.2 Å². The van der Waals surface area contributed by atoms with Gasteiger partial charge in [0.05, 0.1) is 21.5 Å². The third kappa shape index (κ3) is 4.57. The number of nitrogens with zero attached hydrogens (tertiary/aromatic N) is 5. The Bertz CT molecular complexity index is 1110. The lowest BCUT2D eigenvalue weighted by atomic mass is 10.2. The molecule has 0 aliphatic carbocycles. The number of aryl methyl sites for hydroxylation is 2. The molecule has 11 heteroatoms. The predicted molar refractivity (Wildman–Crippen MR) is 110 cm³/mol. The molecule has 3 aromatic rings. The van der Waals surface area contributed by atoms with Crippen molar-refractivity contribution in [2.45, 2.75) is 33.9 Å². The average Bonchev–Trinajstić information content (AvgIpc) is 3.09. The van der Waals surface area contributed by atoms with Gasteiger partial charge in [-0.15, -0.1) is 0 Å². The van der Waals surface area contributed by atoms with Crippen LogP contribution in [-0.2, 0) is 17.9 Å². The van der Waals surface area contributed by atoms with E-state index in [1.54, 1.807) is 29.8 Å². The number of rotatable bonds is 6. The molecule has 0 unspecified atom stereocenters. The number of nitro groups is 1. The lowest BCUT2D eigenvalue weighted by Gasteiger charge is -2.06. The maximum atomic E-state index is 12.4. The first kappa shape index (κ1) is 20.8. The van der Waals surface area contributed by atoms with Crippen molar-refractivity contribution in [1.82, 2.24) is 19.6 Å². The van der Waals surface area contributed by atoms with Crippen molar-refractivity contribution in [3.05, 3.63) is 67.1 Å². The molecule has 152 valence electrons. The van der Waals surface area contributed by atoms with Crippen LogP contribution < -0.4 is 5.32 Å². The van der Waals surface area contributed by atoms with Crippen molar-refractivity contribution in [3.63, 3.8) is 0 Å². The Hall–Kier alpha value is -2.91. The lowest BCUT2D eigenvalue weighted by Crippen LogP contribution is -2.20. The molecule has 0 fully saturated rings. The zero-order valence-electron chi connectivity index (χ0n) is 15.9. The van der Waals surface area contributed by atoms with Crippen LogP contribution in [0.2, 0.25) is 10.0 Å². The van der Waals surface area contributed by atoms with E-state index in [9.17, 15) is 14.9 Å². The highest BCUT2D eigenvalue weighted by Gasteiger charge is 2.23. The van der Waals surface area contributed by atoms with Gasteiger partial charge in [-0.1, -0.05) is 29.3 Å². The number of carbonyl (C=O) groups is 1. The Labute approximate surface area is 176 Å². The average molecular weight is 437 g/mol. The quantitative estimate of drug-likeness (QED) is 0.465. The maximum absolute atomic E-state index is 12.4. The van der Waals surface area contributed by atoms with E-state index in [2.05, 4.69) is 15.5 Å². The fraction of sp³-hybridized carbons (Fsp3) is 0.278. The lowest BCUT2D eigenvalue weighted by molar-refractivity contribution is -0.386. The van der Waals surface area contributed by atoms with Crippen LogP contribution in [0.25, 0.3) is 0 Å². The predicted octanol–water partition coefficient (Wildman–Crippen LogP) is 3.91. The van der Waals surface area contributed by atoms with Crippen molar-refractivity contribution in [1.29, 1.82) is 0 Å². The Morgan fingerprint density at radius 1 is 1.14 bits per heavy atom. The summed E-state index contributed by atoms with van der Waals surface area (Å²) in [4.78, 5) is 22.9. The van der Waals surface area contributed by atoms with Gasteiger partial charge in [0.2, 0.25) is 5.91 Å². The molecule has 29 heavy (non-hydrogen) atoms. The van der Waals surface area contributed by atoms with Crippen LogP contribution in [0.1, 0.15) is 22.6 Å². The van der Waals surface area contributed by atoms with Crippen LogP contribution in [0.3, 0.4) is 0 Å². The molecule has 0 bridgehead atoms. The Morgan fingerprint density at radius 2 is 1.86 bits per heavy atom. The zero-order valence-corrected chi connectivity index (χ0v) is 17.5. The molecule has 0 aliphatic rings. The summed E-state index contributed by atoms with van der Waals surface area (Å²) in [6, 6.07) is 7.07. The maximum Gasteiger partial charge on any atom is 0.312 e. The molecule has 0 saturated carbocycles. The molecule has 0 spiro atoms. The molecule has 3 rings (SSSR count). The first-order valence-electron chi connectivity index (χ1n) is 8.62. The first-order chi connectivity index (χ1) is 13.7. The molecular formula is C18H18Cl2N6O3. The van der Waals surface area contributed by atoms with Gasteiger partial charge in [0.1, 0.15) is 17.9 Å².